The molecule has 0 saturated heterocycles. The highest BCUT2D eigenvalue weighted by atomic mass is 35.5. The number of rotatable bonds is 3. The average molecular weight is 309 g/mol. The third-order valence-electron chi connectivity index (χ3n) is 3.31. The van der Waals surface area contributed by atoms with Crippen molar-refractivity contribution >= 4 is 29.1 Å². The highest BCUT2D eigenvalue weighted by Crippen LogP contribution is 2.34. The fourth-order valence-electron chi connectivity index (χ4n) is 2.12. The summed E-state index contributed by atoms with van der Waals surface area (Å²) in [7, 11) is 0. The van der Waals surface area contributed by atoms with E-state index in [2.05, 4.69) is 11.4 Å². The molecule has 0 bridgehead atoms. The summed E-state index contributed by atoms with van der Waals surface area (Å²) >= 11 is 12.3. The summed E-state index contributed by atoms with van der Waals surface area (Å²) in [6.45, 7) is 0. The molecule has 2 rings (SSSR count). The van der Waals surface area contributed by atoms with Crippen molar-refractivity contribution < 1.29 is 4.79 Å². The molecule has 104 valence electrons. The van der Waals surface area contributed by atoms with Crippen molar-refractivity contribution in [3.05, 3.63) is 47.5 Å². The zero-order chi connectivity index (χ0) is 14.6. The first kappa shape index (κ1) is 14.9. The first-order valence-electron chi connectivity index (χ1n) is 6.37. The summed E-state index contributed by atoms with van der Waals surface area (Å²) in [6, 6.07) is 10.9. The van der Waals surface area contributed by atoms with E-state index in [9.17, 15) is 4.79 Å². The molecule has 1 aliphatic carbocycles. The Bertz CT molecular complexity index is 561. The molecule has 1 amide bonds. The summed E-state index contributed by atoms with van der Waals surface area (Å²) in [5.74, 6) is -0.425. The van der Waals surface area contributed by atoms with Gasteiger partial charge in [0.1, 0.15) is 0 Å². The van der Waals surface area contributed by atoms with Gasteiger partial charge < -0.3 is 5.32 Å². The second-order valence-electron chi connectivity index (χ2n) is 4.73. The van der Waals surface area contributed by atoms with Gasteiger partial charge in [0.2, 0.25) is 4.33 Å². The number of nitriles is 1. The highest BCUT2D eigenvalue weighted by Gasteiger charge is 2.36. The maximum Gasteiger partial charge on any atom is 0.261 e. The van der Waals surface area contributed by atoms with Gasteiger partial charge in [-0.25, -0.2) is 0 Å². The van der Waals surface area contributed by atoms with Crippen molar-refractivity contribution in [3.63, 3.8) is 0 Å². The number of nitrogens with one attached hydrogen (secondary N) is 1. The van der Waals surface area contributed by atoms with Gasteiger partial charge in [0.05, 0.1) is 6.07 Å². The Balaban J connectivity index is 2.02. The monoisotopic (exact) mass is 308 g/mol. The minimum absolute atomic E-state index is 0.0276. The van der Waals surface area contributed by atoms with E-state index in [4.69, 9.17) is 28.5 Å². The molecular formula is C15H14Cl2N2O. The summed E-state index contributed by atoms with van der Waals surface area (Å²) < 4.78 is -1.60. The van der Waals surface area contributed by atoms with Crippen LogP contribution in [0.4, 0.5) is 0 Å². The Hall–Kier alpha value is -1.50. The number of benzene rings is 1. The lowest BCUT2D eigenvalue weighted by Crippen LogP contribution is -2.43. The molecule has 1 N–H and O–H groups in total. The molecule has 20 heavy (non-hydrogen) atoms. The normalized spacial score (nSPS) is 18.9. The van der Waals surface area contributed by atoms with Crippen LogP contribution in [0.25, 0.3) is 0 Å². The SMILES string of the molecule is N#CC1=CC[C@H](NC(=O)C(Cl)(Cl)c2ccccc2)CC1. The molecule has 1 aromatic rings. The van der Waals surface area contributed by atoms with Crippen LogP contribution >= 0.6 is 23.2 Å². The van der Waals surface area contributed by atoms with Crippen molar-refractivity contribution in [3.8, 4) is 6.07 Å². The van der Waals surface area contributed by atoms with Crippen LogP contribution in [0.3, 0.4) is 0 Å². The zero-order valence-corrected chi connectivity index (χ0v) is 12.3. The van der Waals surface area contributed by atoms with Gasteiger partial charge in [-0.1, -0.05) is 59.6 Å². The van der Waals surface area contributed by atoms with Crippen molar-refractivity contribution in [1.29, 1.82) is 5.26 Å². The number of alkyl halides is 2. The number of amides is 1. The number of allylic oxidation sites excluding steroid dienone is 1. The van der Waals surface area contributed by atoms with E-state index in [1.54, 1.807) is 24.3 Å². The van der Waals surface area contributed by atoms with Gasteiger partial charge in [0.25, 0.3) is 5.91 Å². The molecule has 1 aromatic carbocycles. The van der Waals surface area contributed by atoms with E-state index in [0.29, 0.717) is 18.4 Å². The predicted molar refractivity (Wildman–Crippen MR) is 79.3 cm³/mol. The molecule has 0 aliphatic heterocycles. The van der Waals surface area contributed by atoms with Gasteiger partial charge in [0.15, 0.2) is 0 Å². The Morgan fingerprint density at radius 1 is 1.35 bits per heavy atom. The first-order chi connectivity index (χ1) is 9.54. The molecule has 0 fully saturated rings. The molecule has 0 unspecified atom stereocenters. The van der Waals surface area contributed by atoms with Gasteiger partial charge >= 0.3 is 0 Å². The molecule has 0 saturated carbocycles. The van der Waals surface area contributed by atoms with E-state index >= 15 is 0 Å². The summed E-state index contributed by atoms with van der Waals surface area (Å²) in [4.78, 5) is 12.2. The smallest absolute Gasteiger partial charge is 0.261 e. The lowest BCUT2D eigenvalue weighted by molar-refractivity contribution is -0.122. The van der Waals surface area contributed by atoms with Crippen LogP contribution in [-0.4, -0.2) is 11.9 Å². The highest BCUT2D eigenvalue weighted by molar-refractivity contribution is 6.57. The minimum Gasteiger partial charge on any atom is -0.350 e. The van der Waals surface area contributed by atoms with Crippen LogP contribution < -0.4 is 5.32 Å². The summed E-state index contributed by atoms with van der Waals surface area (Å²) in [5, 5.41) is 11.6. The molecule has 0 radical (unpaired) electrons. The van der Waals surface area contributed by atoms with E-state index in [0.717, 1.165) is 12.0 Å². The predicted octanol–water partition coefficient (Wildman–Crippen LogP) is 3.44. The first-order valence-corrected chi connectivity index (χ1v) is 7.13. The molecule has 3 nitrogen and oxygen atoms in total. The number of hydrogen-bond acceptors (Lipinski definition) is 2. The van der Waals surface area contributed by atoms with Gasteiger partial charge in [-0.3, -0.25) is 4.79 Å². The van der Waals surface area contributed by atoms with Crippen LogP contribution in [0.15, 0.2) is 42.0 Å². The second kappa shape index (κ2) is 6.30. The van der Waals surface area contributed by atoms with E-state index in [1.165, 1.54) is 0 Å². The molecule has 1 atom stereocenters. The maximum absolute atomic E-state index is 12.2. The Kier molecular flexibility index (Phi) is 4.69. The lowest BCUT2D eigenvalue weighted by atomic mass is 9.95. The largest absolute Gasteiger partial charge is 0.350 e. The quantitative estimate of drug-likeness (QED) is 0.870. The van der Waals surface area contributed by atoms with Crippen molar-refractivity contribution in [2.24, 2.45) is 0 Å². The molecule has 5 heteroatoms. The van der Waals surface area contributed by atoms with Crippen LogP contribution in [0.2, 0.25) is 0 Å². The lowest BCUT2D eigenvalue weighted by Gasteiger charge is -2.25. The fourth-order valence-corrected chi connectivity index (χ4v) is 2.48. The van der Waals surface area contributed by atoms with Gasteiger partial charge in [-0.15, -0.1) is 0 Å². The standard InChI is InChI=1S/C15H14Cl2N2O/c16-15(17,12-4-2-1-3-5-12)14(20)19-13-8-6-11(10-18)7-9-13/h1-6,13H,7-9H2,(H,19,20)/t13-/m0/s1. The molecule has 0 spiro atoms. The Morgan fingerprint density at radius 2 is 2.05 bits per heavy atom. The van der Waals surface area contributed by atoms with Gasteiger partial charge in [0, 0.05) is 11.6 Å². The van der Waals surface area contributed by atoms with Gasteiger partial charge in [-0.2, -0.15) is 5.26 Å². The Labute approximate surface area is 128 Å². The van der Waals surface area contributed by atoms with Crippen LogP contribution in [0.1, 0.15) is 24.8 Å². The Morgan fingerprint density at radius 3 is 2.60 bits per heavy atom. The molecule has 0 aromatic heterocycles. The number of nitrogens with zero attached hydrogens (tertiary/aromatic N) is 1. The van der Waals surface area contributed by atoms with Crippen molar-refractivity contribution in [2.75, 3.05) is 0 Å². The topological polar surface area (TPSA) is 52.9 Å². The molecule has 0 heterocycles. The van der Waals surface area contributed by atoms with Crippen LogP contribution in [-0.2, 0) is 9.13 Å². The second-order valence-corrected chi connectivity index (χ2v) is 6.05. The van der Waals surface area contributed by atoms with Crippen LogP contribution in [0, 0.1) is 11.3 Å². The number of carbonyl (C=O) groups excluding carboxylic acids is 1. The van der Waals surface area contributed by atoms with E-state index in [1.807, 2.05) is 12.1 Å². The number of halogens is 2. The van der Waals surface area contributed by atoms with Crippen LogP contribution in [0.5, 0.6) is 0 Å². The average Bonchev–Trinajstić information content (AvgIpc) is 2.49. The molecule has 1 aliphatic rings. The third-order valence-corrected chi connectivity index (χ3v) is 4.09. The fraction of sp³-hybridized carbons (Fsp3) is 0.333. The maximum atomic E-state index is 12.2. The van der Waals surface area contributed by atoms with E-state index < -0.39 is 10.2 Å². The zero-order valence-electron chi connectivity index (χ0n) is 10.8. The van der Waals surface area contributed by atoms with Crippen molar-refractivity contribution in [2.45, 2.75) is 29.6 Å². The summed E-state index contributed by atoms with van der Waals surface area (Å²) in [5.41, 5.74) is 1.31. The van der Waals surface area contributed by atoms with E-state index in [-0.39, 0.29) is 6.04 Å². The van der Waals surface area contributed by atoms with Crippen molar-refractivity contribution in [1.82, 2.24) is 5.32 Å². The summed E-state index contributed by atoms with van der Waals surface area (Å²) in [6.07, 6.45) is 3.88. The third kappa shape index (κ3) is 3.33. The molecular weight excluding hydrogens is 295 g/mol. The minimum atomic E-state index is -1.60. The van der Waals surface area contributed by atoms with Gasteiger partial charge in [-0.05, 0) is 24.8 Å². The number of carbonyl (C=O) groups is 1. The number of hydrogen-bond donors (Lipinski definition) is 1.